The Balaban J connectivity index is 2.77. The average Bonchev–Trinajstić information content (AvgIpc) is 2.29. The van der Waals surface area contributed by atoms with Gasteiger partial charge in [-0.3, -0.25) is 0 Å². The third-order valence-corrected chi connectivity index (χ3v) is 3.92. The summed E-state index contributed by atoms with van der Waals surface area (Å²) in [6.45, 7) is 1.46. The molecule has 0 N–H and O–H groups in total. The van der Waals surface area contributed by atoms with Gasteiger partial charge in [-0.1, -0.05) is 18.5 Å². The standard InChI is InChI=1S/C9H8ClN3O3S/c1-2-17(15,16)9-11-7-4-3-6(10)5-8(7)13(14)12-9/h3-5H,2H2,1H3. The van der Waals surface area contributed by atoms with Crippen LogP contribution in [0, 0.1) is 5.21 Å². The van der Waals surface area contributed by atoms with Crippen molar-refractivity contribution in [2.24, 2.45) is 0 Å². The molecule has 0 saturated carbocycles. The van der Waals surface area contributed by atoms with Gasteiger partial charge < -0.3 is 5.21 Å². The van der Waals surface area contributed by atoms with Crippen molar-refractivity contribution in [1.82, 2.24) is 10.1 Å². The number of nitrogens with zero attached hydrogens (tertiary/aromatic N) is 3. The van der Waals surface area contributed by atoms with Gasteiger partial charge in [0, 0.05) is 16.2 Å². The zero-order valence-electron chi connectivity index (χ0n) is 8.79. The van der Waals surface area contributed by atoms with Crippen molar-refractivity contribution < 1.29 is 13.3 Å². The molecule has 0 unspecified atom stereocenters. The van der Waals surface area contributed by atoms with Crippen molar-refractivity contribution >= 4 is 32.5 Å². The summed E-state index contributed by atoms with van der Waals surface area (Å²) in [5, 5.41) is 14.8. The Hall–Kier alpha value is -1.47. The lowest BCUT2D eigenvalue weighted by Gasteiger charge is -2.02. The predicted molar refractivity (Wildman–Crippen MR) is 61.2 cm³/mol. The van der Waals surface area contributed by atoms with Crippen LogP contribution in [0.15, 0.2) is 23.4 Å². The van der Waals surface area contributed by atoms with Crippen LogP contribution < -0.4 is 4.85 Å². The second-order valence-electron chi connectivity index (χ2n) is 3.30. The molecule has 2 rings (SSSR count). The first-order valence-electron chi connectivity index (χ1n) is 4.74. The highest BCUT2D eigenvalue weighted by atomic mass is 35.5. The van der Waals surface area contributed by atoms with Crippen LogP contribution in [0.1, 0.15) is 6.92 Å². The fourth-order valence-corrected chi connectivity index (χ4v) is 2.12. The zero-order valence-corrected chi connectivity index (χ0v) is 10.4. The van der Waals surface area contributed by atoms with Crippen LogP contribution in [0.25, 0.3) is 11.0 Å². The lowest BCUT2D eigenvalue weighted by molar-refractivity contribution is -0.647. The summed E-state index contributed by atoms with van der Waals surface area (Å²) >= 11 is 5.72. The smallest absolute Gasteiger partial charge is 0.314 e. The number of hydrogen-bond donors (Lipinski definition) is 0. The monoisotopic (exact) mass is 273 g/mol. The highest BCUT2D eigenvalue weighted by Gasteiger charge is 2.21. The van der Waals surface area contributed by atoms with E-state index < -0.39 is 15.0 Å². The van der Waals surface area contributed by atoms with Gasteiger partial charge in [-0.05, 0) is 17.0 Å². The summed E-state index contributed by atoms with van der Waals surface area (Å²) in [5.41, 5.74) is 0.374. The average molecular weight is 274 g/mol. The third kappa shape index (κ3) is 2.16. The molecule has 0 radical (unpaired) electrons. The van der Waals surface area contributed by atoms with Gasteiger partial charge in [0.2, 0.25) is 9.84 Å². The number of benzene rings is 1. The van der Waals surface area contributed by atoms with Crippen LogP contribution in [0.4, 0.5) is 0 Å². The molecular formula is C9H8ClN3O3S. The second-order valence-corrected chi connectivity index (χ2v) is 5.91. The minimum absolute atomic E-state index is 0.132. The van der Waals surface area contributed by atoms with Gasteiger partial charge >= 0.3 is 5.16 Å². The van der Waals surface area contributed by atoms with Crippen molar-refractivity contribution in [3.8, 4) is 0 Å². The molecule has 0 bridgehead atoms. The summed E-state index contributed by atoms with van der Waals surface area (Å²) in [4.78, 5) is 4.06. The molecule has 0 aliphatic heterocycles. The Morgan fingerprint density at radius 1 is 1.47 bits per heavy atom. The largest absolute Gasteiger partial charge is 0.594 e. The van der Waals surface area contributed by atoms with E-state index in [1.54, 1.807) is 0 Å². The maximum atomic E-state index is 11.6. The summed E-state index contributed by atoms with van der Waals surface area (Å²) in [6.07, 6.45) is 0. The van der Waals surface area contributed by atoms with E-state index >= 15 is 0 Å². The second kappa shape index (κ2) is 4.08. The van der Waals surface area contributed by atoms with E-state index in [1.165, 1.54) is 25.1 Å². The van der Waals surface area contributed by atoms with E-state index in [-0.39, 0.29) is 21.6 Å². The third-order valence-electron chi connectivity index (χ3n) is 2.19. The summed E-state index contributed by atoms with van der Waals surface area (Å²) in [5.74, 6) is -0.161. The van der Waals surface area contributed by atoms with Crippen molar-refractivity contribution in [2.75, 3.05) is 5.75 Å². The van der Waals surface area contributed by atoms with Gasteiger partial charge in [-0.15, -0.1) is 0 Å². The SMILES string of the molecule is CCS(=O)(=O)c1nc2ccc(Cl)cc2[n+]([O-])n1. The topological polar surface area (TPSA) is 86.9 Å². The Morgan fingerprint density at radius 3 is 2.82 bits per heavy atom. The van der Waals surface area contributed by atoms with Crippen LogP contribution >= 0.6 is 11.6 Å². The lowest BCUT2D eigenvalue weighted by Crippen LogP contribution is -2.35. The first-order valence-corrected chi connectivity index (χ1v) is 6.77. The van der Waals surface area contributed by atoms with E-state index in [4.69, 9.17) is 11.6 Å². The summed E-state index contributed by atoms with van der Waals surface area (Å²) < 4.78 is 23.1. The van der Waals surface area contributed by atoms with Gasteiger partial charge in [0.25, 0.3) is 5.52 Å². The van der Waals surface area contributed by atoms with Gasteiger partial charge in [0.15, 0.2) is 0 Å². The highest BCUT2D eigenvalue weighted by molar-refractivity contribution is 7.91. The minimum Gasteiger partial charge on any atom is -0.594 e. The molecule has 1 aromatic carbocycles. The van der Waals surface area contributed by atoms with Crippen LogP contribution in [0.3, 0.4) is 0 Å². The van der Waals surface area contributed by atoms with Crippen LogP contribution in [-0.4, -0.2) is 24.3 Å². The van der Waals surface area contributed by atoms with Crippen molar-refractivity contribution in [2.45, 2.75) is 12.1 Å². The molecule has 0 aliphatic rings. The molecule has 90 valence electrons. The van der Waals surface area contributed by atoms with Crippen molar-refractivity contribution in [1.29, 1.82) is 0 Å². The molecular weight excluding hydrogens is 266 g/mol. The molecule has 0 aliphatic carbocycles. The lowest BCUT2D eigenvalue weighted by atomic mass is 10.3. The maximum Gasteiger partial charge on any atom is 0.314 e. The van der Waals surface area contributed by atoms with E-state index in [0.29, 0.717) is 5.02 Å². The van der Waals surface area contributed by atoms with E-state index in [1.807, 2.05) is 0 Å². The van der Waals surface area contributed by atoms with Gasteiger partial charge in [-0.2, -0.15) is 0 Å². The number of aromatic nitrogens is 3. The quantitative estimate of drug-likeness (QED) is 0.594. The van der Waals surface area contributed by atoms with Crippen LogP contribution in [0.5, 0.6) is 0 Å². The number of fused-ring (bicyclic) bond motifs is 1. The molecule has 1 heterocycles. The Kier molecular flexibility index (Phi) is 2.88. The fraction of sp³-hybridized carbons (Fsp3) is 0.222. The summed E-state index contributed by atoms with van der Waals surface area (Å²) in [6, 6.07) is 4.38. The normalized spacial score (nSPS) is 11.9. The van der Waals surface area contributed by atoms with E-state index in [0.717, 1.165) is 0 Å². The van der Waals surface area contributed by atoms with E-state index in [2.05, 4.69) is 10.1 Å². The van der Waals surface area contributed by atoms with E-state index in [9.17, 15) is 13.6 Å². The van der Waals surface area contributed by atoms with Crippen LogP contribution in [0.2, 0.25) is 5.02 Å². The van der Waals surface area contributed by atoms with Gasteiger partial charge in [0.05, 0.1) is 5.75 Å². The fourth-order valence-electron chi connectivity index (χ4n) is 1.26. The minimum atomic E-state index is -3.60. The molecule has 1 aromatic heterocycles. The Bertz CT molecular complexity index is 687. The zero-order chi connectivity index (χ0) is 12.6. The molecule has 8 heteroatoms. The highest BCUT2D eigenvalue weighted by Crippen LogP contribution is 2.15. The Morgan fingerprint density at radius 2 is 2.18 bits per heavy atom. The molecule has 0 amide bonds. The first-order chi connectivity index (χ1) is 7.94. The first kappa shape index (κ1) is 12.0. The number of sulfone groups is 1. The number of hydrogen-bond acceptors (Lipinski definition) is 5. The molecule has 6 nitrogen and oxygen atoms in total. The van der Waals surface area contributed by atoms with Gasteiger partial charge in [-0.25, -0.2) is 13.4 Å². The van der Waals surface area contributed by atoms with Crippen molar-refractivity contribution in [3.05, 3.63) is 28.4 Å². The maximum absolute atomic E-state index is 11.6. The molecule has 2 aromatic rings. The van der Waals surface area contributed by atoms with Crippen molar-refractivity contribution in [3.63, 3.8) is 0 Å². The predicted octanol–water partition coefficient (Wildman–Crippen LogP) is 0.710. The molecule has 0 saturated heterocycles. The van der Waals surface area contributed by atoms with Gasteiger partial charge in [0.1, 0.15) is 5.52 Å². The Labute approximate surface area is 102 Å². The molecule has 0 atom stereocenters. The molecule has 0 fully saturated rings. The summed E-state index contributed by atoms with van der Waals surface area (Å²) in [7, 11) is -3.60. The van der Waals surface area contributed by atoms with Crippen LogP contribution in [-0.2, 0) is 9.84 Å². The molecule has 0 spiro atoms. The number of rotatable bonds is 2. The number of halogens is 1. The molecule has 17 heavy (non-hydrogen) atoms.